The molecule has 1 unspecified atom stereocenters. The molecule has 126 valence electrons. The number of carbonyl (C=O) groups is 1. The van der Waals surface area contributed by atoms with Crippen LogP contribution >= 0.6 is 0 Å². The molecule has 2 N–H and O–H groups in total. The molecule has 0 saturated carbocycles. The van der Waals surface area contributed by atoms with Crippen molar-refractivity contribution in [1.29, 1.82) is 0 Å². The Balaban J connectivity index is 1.54. The third kappa shape index (κ3) is 4.00. The van der Waals surface area contributed by atoms with Crippen molar-refractivity contribution in [2.45, 2.75) is 37.8 Å². The predicted octanol–water partition coefficient (Wildman–Crippen LogP) is 1.30. The van der Waals surface area contributed by atoms with E-state index in [1.54, 1.807) is 0 Å². The van der Waals surface area contributed by atoms with Crippen LogP contribution in [-0.2, 0) is 4.79 Å². The molecule has 2 aliphatic rings. The van der Waals surface area contributed by atoms with Crippen molar-refractivity contribution < 1.29 is 4.79 Å². The molecule has 2 saturated heterocycles. The maximum absolute atomic E-state index is 12.1. The van der Waals surface area contributed by atoms with Crippen LogP contribution in [0.4, 0.5) is 11.5 Å². The summed E-state index contributed by atoms with van der Waals surface area (Å²) in [5.41, 5.74) is 1.14. The Labute approximate surface area is 138 Å². The zero-order chi connectivity index (χ0) is 16.2. The Kier molecular flexibility index (Phi) is 5.13. The van der Waals surface area contributed by atoms with Gasteiger partial charge in [-0.25, -0.2) is 4.98 Å². The van der Waals surface area contributed by atoms with E-state index >= 15 is 0 Å². The number of anilines is 2. The van der Waals surface area contributed by atoms with Crippen LogP contribution in [0, 0.1) is 0 Å². The number of nitrogens with one attached hydrogen (secondary N) is 2. The first kappa shape index (κ1) is 16.2. The summed E-state index contributed by atoms with van der Waals surface area (Å²) in [5.74, 6) is 0.658. The molecule has 1 aromatic heterocycles. The van der Waals surface area contributed by atoms with Gasteiger partial charge in [0.05, 0.1) is 17.9 Å². The average molecular weight is 317 g/mol. The molecule has 0 aromatic carbocycles. The normalized spacial score (nSPS) is 22.6. The van der Waals surface area contributed by atoms with Crippen molar-refractivity contribution in [2.75, 3.05) is 43.9 Å². The first-order valence-corrected chi connectivity index (χ1v) is 8.55. The fourth-order valence-electron chi connectivity index (χ4n) is 3.41. The summed E-state index contributed by atoms with van der Waals surface area (Å²) >= 11 is 0. The highest BCUT2D eigenvalue weighted by Crippen LogP contribution is 2.22. The number of pyridine rings is 1. The monoisotopic (exact) mass is 317 g/mol. The lowest BCUT2D eigenvalue weighted by atomic mass is 10.0. The fraction of sp³-hybridized carbons (Fsp3) is 0.647. The lowest BCUT2D eigenvalue weighted by Gasteiger charge is -2.36. The topological polar surface area (TPSA) is 60.5 Å². The SMILES string of the molecule is CN(C)C1CCN(c2ccc(NC(=O)C3CCCN3)nc2)CC1. The number of piperidine rings is 1. The molecule has 23 heavy (non-hydrogen) atoms. The van der Waals surface area contributed by atoms with E-state index in [9.17, 15) is 4.79 Å². The predicted molar refractivity (Wildman–Crippen MR) is 92.8 cm³/mol. The molecule has 6 heteroatoms. The lowest BCUT2D eigenvalue weighted by Crippen LogP contribution is -2.42. The van der Waals surface area contributed by atoms with E-state index in [1.165, 1.54) is 12.8 Å². The standard InChI is InChI=1S/C17H27N5O/c1-21(2)13-7-10-22(11-8-13)14-5-6-16(19-12-14)20-17(23)15-4-3-9-18-15/h5-6,12-13,15,18H,3-4,7-11H2,1-2H3,(H,19,20,23). The van der Waals surface area contributed by atoms with Crippen LogP contribution < -0.4 is 15.5 Å². The van der Waals surface area contributed by atoms with Gasteiger partial charge in [0.1, 0.15) is 5.82 Å². The molecule has 2 fully saturated rings. The number of amides is 1. The Morgan fingerprint density at radius 2 is 2.09 bits per heavy atom. The number of carbonyl (C=O) groups excluding carboxylic acids is 1. The minimum Gasteiger partial charge on any atom is -0.370 e. The number of hydrogen-bond donors (Lipinski definition) is 2. The van der Waals surface area contributed by atoms with Gasteiger partial charge in [0.15, 0.2) is 0 Å². The Morgan fingerprint density at radius 1 is 1.30 bits per heavy atom. The van der Waals surface area contributed by atoms with Crippen LogP contribution in [0.25, 0.3) is 0 Å². The molecular weight excluding hydrogens is 290 g/mol. The molecule has 1 atom stereocenters. The first-order chi connectivity index (χ1) is 11.1. The summed E-state index contributed by atoms with van der Waals surface area (Å²) in [6, 6.07) is 4.57. The van der Waals surface area contributed by atoms with Crippen LogP contribution in [0.15, 0.2) is 18.3 Å². The van der Waals surface area contributed by atoms with Crippen molar-refractivity contribution in [1.82, 2.24) is 15.2 Å². The summed E-state index contributed by atoms with van der Waals surface area (Å²) in [7, 11) is 4.30. The molecule has 3 heterocycles. The highest BCUT2D eigenvalue weighted by atomic mass is 16.2. The average Bonchev–Trinajstić information content (AvgIpc) is 3.10. The van der Waals surface area contributed by atoms with Gasteiger partial charge < -0.3 is 20.4 Å². The van der Waals surface area contributed by atoms with Crippen molar-refractivity contribution in [3.63, 3.8) is 0 Å². The van der Waals surface area contributed by atoms with Gasteiger partial charge in [-0.05, 0) is 58.5 Å². The summed E-state index contributed by atoms with van der Waals surface area (Å²) in [4.78, 5) is 21.2. The summed E-state index contributed by atoms with van der Waals surface area (Å²) in [6.07, 6.45) is 6.20. The van der Waals surface area contributed by atoms with E-state index < -0.39 is 0 Å². The van der Waals surface area contributed by atoms with Gasteiger partial charge >= 0.3 is 0 Å². The molecule has 0 radical (unpaired) electrons. The zero-order valence-electron chi connectivity index (χ0n) is 14.1. The van der Waals surface area contributed by atoms with Gasteiger partial charge in [-0.15, -0.1) is 0 Å². The van der Waals surface area contributed by atoms with E-state index in [0.29, 0.717) is 11.9 Å². The molecule has 3 rings (SSSR count). The molecule has 0 aliphatic carbocycles. The lowest BCUT2D eigenvalue weighted by molar-refractivity contribution is -0.117. The highest BCUT2D eigenvalue weighted by Gasteiger charge is 2.23. The Hall–Kier alpha value is -1.66. The quantitative estimate of drug-likeness (QED) is 0.877. The molecule has 0 bridgehead atoms. The number of rotatable bonds is 4. The summed E-state index contributed by atoms with van der Waals surface area (Å²) in [5, 5.41) is 6.10. The Morgan fingerprint density at radius 3 is 2.65 bits per heavy atom. The number of aromatic nitrogens is 1. The maximum atomic E-state index is 12.1. The van der Waals surface area contributed by atoms with Crippen molar-refractivity contribution in [3.05, 3.63) is 18.3 Å². The summed E-state index contributed by atoms with van der Waals surface area (Å²) < 4.78 is 0. The molecular formula is C17H27N5O. The van der Waals surface area contributed by atoms with Crippen LogP contribution in [0.1, 0.15) is 25.7 Å². The van der Waals surface area contributed by atoms with Gasteiger partial charge in [0.2, 0.25) is 5.91 Å². The smallest absolute Gasteiger partial charge is 0.242 e. The highest BCUT2D eigenvalue weighted by molar-refractivity contribution is 5.94. The van der Waals surface area contributed by atoms with Crippen molar-refractivity contribution in [2.24, 2.45) is 0 Å². The second-order valence-electron chi connectivity index (χ2n) is 6.72. The number of hydrogen-bond acceptors (Lipinski definition) is 5. The minimum atomic E-state index is -0.0680. The van der Waals surface area contributed by atoms with E-state index in [-0.39, 0.29) is 11.9 Å². The van der Waals surface area contributed by atoms with Crippen molar-refractivity contribution in [3.8, 4) is 0 Å². The maximum Gasteiger partial charge on any atom is 0.242 e. The van der Waals surface area contributed by atoms with Crippen molar-refractivity contribution >= 4 is 17.4 Å². The van der Waals surface area contributed by atoms with Crippen LogP contribution in [0.2, 0.25) is 0 Å². The van der Waals surface area contributed by atoms with Crippen LogP contribution in [0.5, 0.6) is 0 Å². The minimum absolute atomic E-state index is 0.0227. The van der Waals surface area contributed by atoms with E-state index in [2.05, 4.69) is 45.6 Å². The first-order valence-electron chi connectivity index (χ1n) is 8.55. The fourth-order valence-corrected chi connectivity index (χ4v) is 3.41. The second kappa shape index (κ2) is 7.27. The molecule has 0 spiro atoms. The third-order valence-electron chi connectivity index (χ3n) is 4.94. The largest absolute Gasteiger partial charge is 0.370 e. The van der Waals surface area contributed by atoms with Crippen LogP contribution in [-0.4, -0.2) is 61.6 Å². The van der Waals surface area contributed by atoms with Gasteiger partial charge in [0, 0.05) is 19.1 Å². The molecule has 2 aliphatic heterocycles. The van der Waals surface area contributed by atoms with E-state index in [4.69, 9.17) is 0 Å². The Bertz CT molecular complexity index is 516. The number of nitrogens with zero attached hydrogens (tertiary/aromatic N) is 3. The zero-order valence-corrected chi connectivity index (χ0v) is 14.1. The second-order valence-corrected chi connectivity index (χ2v) is 6.72. The van der Waals surface area contributed by atoms with E-state index in [1.807, 2.05) is 12.3 Å². The van der Waals surface area contributed by atoms with Gasteiger partial charge in [-0.3, -0.25) is 4.79 Å². The third-order valence-corrected chi connectivity index (χ3v) is 4.94. The van der Waals surface area contributed by atoms with Gasteiger partial charge in [0.25, 0.3) is 0 Å². The molecule has 6 nitrogen and oxygen atoms in total. The van der Waals surface area contributed by atoms with E-state index in [0.717, 1.165) is 38.2 Å². The van der Waals surface area contributed by atoms with Gasteiger partial charge in [-0.1, -0.05) is 0 Å². The molecule has 1 amide bonds. The summed E-state index contributed by atoms with van der Waals surface area (Å²) in [6.45, 7) is 3.04. The van der Waals surface area contributed by atoms with Crippen LogP contribution in [0.3, 0.4) is 0 Å². The van der Waals surface area contributed by atoms with Gasteiger partial charge in [-0.2, -0.15) is 0 Å². The molecule has 1 aromatic rings.